The molecular weight excluding hydrogens is 306 g/mol. The third-order valence-electron chi connectivity index (χ3n) is 4.08. The van der Waals surface area contributed by atoms with Crippen LogP contribution in [0.2, 0.25) is 0 Å². The molecule has 0 bridgehead atoms. The summed E-state index contributed by atoms with van der Waals surface area (Å²) < 4.78 is 25.9. The van der Waals surface area contributed by atoms with Crippen molar-refractivity contribution in [2.24, 2.45) is 11.7 Å². The van der Waals surface area contributed by atoms with Crippen molar-refractivity contribution in [3.63, 3.8) is 0 Å². The molecule has 0 heterocycles. The summed E-state index contributed by atoms with van der Waals surface area (Å²) in [7, 11) is 0. The van der Waals surface area contributed by atoms with E-state index in [2.05, 4.69) is 5.32 Å². The van der Waals surface area contributed by atoms with Crippen LogP contribution in [0.25, 0.3) is 0 Å². The molecule has 1 atom stereocenters. The topological polar surface area (TPSA) is 55.1 Å². The lowest BCUT2D eigenvalue weighted by Gasteiger charge is -2.30. The van der Waals surface area contributed by atoms with E-state index in [4.69, 9.17) is 5.73 Å². The standard InChI is InChI=1S/C16H22F2N2OS/c17-13-7-6-12(8-14(13)18)22-10-16(21)20-15(9-19)11-4-2-1-3-5-11/h6-8,11,15H,1-5,9-10,19H2,(H,20,21). The van der Waals surface area contributed by atoms with Crippen molar-refractivity contribution in [1.82, 2.24) is 5.32 Å². The van der Waals surface area contributed by atoms with Crippen LogP contribution in [0.5, 0.6) is 0 Å². The number of halogens is 2. The largest absolute Gasteiger partial charge is 0.351 e. The predicted octanol–water partition coefficient (Wildman–Crippen LogP) is 3.08. The van der Waals surface area contributed by atoms with Crippen LogP contribution in [0.1, 0.15) is 32.1 Å². The van der Waals surface area contributed by atoms with Crippen molar-refractivity contribution in [3.05, 3.63) is 29.8 Å². The molecular formula is C16H22F2N2OS. The molecule has 1 aliphatic carbocycles. The molecule has 1 aromatic rings. The molecule has 2 rings (SSSR count). The number of carbonyl (C=O) groups is 1. The summed E-state index contributed by atoms with van der Waals surface area (Å²) in [6, 6.07) is 3.66. The minimum Gasteiger partial charge on any atom is -0.351 e. The molecule has 0 aliphatic heterocycles. The monoisotopic (exact) mass is 328 g/mol. The Morgan fingerprint density at radius 2 is 2.00 bits per heavy atom. The predicted molar refractivity (Wildman–Crippen MR) is 84.6 cm³/mol. The first kappa shape index (κ1) is 17.2. The SMILES string of the molecule is NCC(NC(=O)CSc1ccc(F)c(F)c1)C1CCCCC1. The van der Waals surface area contributed by atoms with Gasteiger partial charge in [-0.3, -0.25) is 4.79 Å². The van der Waals surface area contributed by atoms with Gasteiger partial charge in [0.25, 0.3) is 0 Å². The van der Waals surface area contributed by atoms with Crippen molar-refractivity contribution in [2.75, 3.05) is 12.3 Å². The van der Waals surface area contributed by atoms with E-state index >= 15 is 0 Å². The van der Waals surface area contributed by atoms with Crippen molar-refractivity contribution in [1.29, 1.82) is 0 Å². The van der Waals surface area contributed by atoms with Gasteiger partial charge in [-0.25, -0.2) is 8.78 Å². The summed E-state index contributed by atoms with van der Waals surface area (Å²) in [5.41, 5.74) is 5.78. The first-order valence-electron chi connectivity index (χ1n) is 7.67. The Morgan fingerprint density at radius 1 is 1.27 bits per heavy atom. The number of carbonyl (C=O) groups excluding carboxylic acids is 1. The van der Waals surface area contributed by atoms with E-state index in [9.17, 15) is 13.6 Å². The highest BCUT2D eigenvalue weighted by Crippen LogP contribution is 2.26. The molecule has 1 amide bonds. The van der Waals surface area contributed by atoms with Gasteiger partial charge in [-0.15, -0.1) is 11.8 Å². The highest BCUT2D eigenvalue weighted by molar-refractivity contribution is 8.00. The van der Waals surface area contributed by atoms with Gasteiger partial charge in [0.15, 0.2) is 11.6 Å². The van der Waals surface area contributed by atoms with Crippen molar-refractivity contribution >= 4 is 17.7 Å². The molecule has 1 aliphatic rings. The lowest BCUT2D eigenvalue weighted by atomic mass is 9.84. The fraction of sp³-hybridized carbons (Fsp3) is 0.562. The summed E-state index contributed by atoms with van der Waals surface area (Å²) in [5.74, 6) is -1.26. The first-order valence-corrected chi connectivity index (χ1v) is 8.66. The van der Waals surface area contributed by atoms with Gasteiger partial charge in [-0.05, 0) is 37.0 Å². The maximum Gasteiger partial charge on any atom is 0.230 e. The zero-order chi connectivity index (χ0) is 15.9. The lowest BCUT2D eigenvalue weighted by Crippen LogP contribution is -2.46. The Kier molecular flexibility index (Phi) is 6.64. The molecule has 1 fully saturated rings. The lowest BCUT2D eigenvalue weighted by molar-refractivity contribution is -0.119. The van der Waals surface area contributed by atoms with E-state index < -0.39 is 11.6 Å². The quantitative estimate of drug-likeness (QED) is 0.789. The van der Waals surface area contributed by atoms with Crippen LogP contribution in [-0.2, 0) is 4.79 Å². The second kappa shape index (κ2) is 8.48. The third-order valence-corrected chi connectivity index (χ3v) is 5.07. The second-order valence-electron chi connectivity index (χ2n) is 5.67. The van der Waals surface area contributed by atoms with E-state index in [1.165, 1.54) is 37.1 Å². The number of thioether (sulfide) groups is 1. The molecule has 1 aromatic carbocycles. The van der Waals surface area contributed by atoms with Gasteiger partial charge < -0.3 is 11.1 Å². The first-order chi connectivity index (χ1) is 10.6. The molecule has 3 nitrogen and oxygen atoms in total. The van der Waals surface area contributed by atoms with Crippen LogP contribution in [-0.4, -0.2) is 24.2 Å². The Balaban J connectivity index is 1.81. The highest BCUT2D eigenvalue weighted by atomic mass is 32.2. The van der Waals surface area contributed by atoms with Gasteiger partial charge >= 0.3 is 0 Å². The maximum absolute atomic E-state index is 13.1. The van der Waals surface area contributed by atoms with Crippen molar-refractivity contribution in [2.45, 2.75) is 43.0 Å². The Morgan fingerprint density at radius 3 is 2.64 bits per heavy atom. The van der Waals surface area contributed by atoms with E-state index in [0.29, 0.717) is 17.4 Å². The Labute approximate surface area is 134 Å². The van der Waals surface area contributed by atoms with Crippen LogP contribution in [0.4, 0.5) is 8.78 Å². The van der Waals surface area contributed by atoms with Crippen LogP contribution >= 0.6 is 11.8 Å². The molecule has 0 saturated heterocycles. The van der Waals surface area contributed by atoms with E-state index in [-0.39, 0.29) is 17.7 Å². The van der Waals surface area contributed by atoms with Gasteiger partial charge in [-0.1, -0.05) is 19.3 Å². The number of rotatable bonds is 6. The number of hydrogen-bond acceptors (Lipinski definition) is 3. The second-order valence-corrected chi connectivity index (χ2v) is 6.72. The van der Waals surface area contributed by atoms with Gasteiger partial charge in [0.05, 0.1) is 5.75 Å². The minimum absolute atomic E-state index is 0.0124. The molecule has 0 radical (unpaired) electrons. The normalized spacial score (nSPS) is 17.2. The molecule has 3 N–H and O–H groups in total. The smallest absolute Gasteiger partial charge is 0.230 e. The minimum atomic E-state index is -0.896. The third kappa shape index (κ3) is 4.95. The zero-order valence-corrected chi connectivity index (χ0v) is 13.3. The average Bonchev–Trinajstić information content (AvgIpc) is 2.54. The van der Waals surface area contributed by atoms with E-state index in [0.717, 1.165) is 25.0 Å². The zero-order valence-electron chi connectivity index (χ0n) is 12.5. The van der Waals surface area contributed by atoms with Crippen LogP contribution in [0, 0.1) is 17.6 Å². The van der Waals surface area contributed by atoms with Crippen LogP contribution in [0.15, 0.2) is 23.1 Å². The van der Waals surface area contributed by atoms with Crippen molar-refractivity contribution < 1.29 is 13.6 Å². The average molecular weight is 328 g/mol. The van der Waals surface area contributed by atoms with Gasteiger partial charge in [0.1, 0.15) is 0 Å². The number of nitrogens with two attached hydrogens (primary N) is 1. The van der Waals surface area contributed by atoms with Gasteiger partial charge in [0.2, 0.25) is 5.91 Å². The van der Waals surface area contributed by atoms with E-state index in [1.54, 1.807) is 0 Å². The molecule has 22 heavy (non-hydrogen) atoms. The van der Waals surface area contributed by atoms with Crippen LogP contribution < -0.4 is 11.1 Å². The Bertz CT molecular complexity index is 507. The summed E-state index contributed by atoms with van der Waals surface area (Å²) in [5, 5.41) is 2.98. The highest BCUT2D eigenvalue weighted by Gasteiger charge is 2.23. The molecule has 1 saturated carbocycles. The number of amides is 1. The van der Waals surface area contributed by atoms with Gasteiger partial charge in [0, 0.05) is 17.5 Å². The molecule has 6 heteroatoms. The fourth-order valence-electron chi connectivity index (χ4n) is 2.87. The summed E-state index contributed by atoms with van der Waals surface area (Å²) >= 11 is 1.19. The summed E-state index contributed by atoms with van der Waals surface area (Å²) in [6.07, 6.45) is 5.87. The molecule has 122 valence electrons. The molecule has 0 spiro atoms. The number of hydrogen-bond donors (Lipinski definition) is 2. The fourth-order valence-corrected chi connectivity index (χ4v) is 3.60. The van der Waals surface area contributed by atoms with Gasteiger partial charge in [-0.2, -0.15) is 0 Å². The van der Waals surface area contributed by atoms with E-state index in [1.807, 2.05) is 0 Å². The molecule has 1 unspecified atom stereocenters. The number of nitrogens with one attached hydrogen (secondary N) is 1. The number of benzene rings is 1. The molecule has 0 aromatic heterocycles. The van der Waals surface area contributed by atoms with Crippen LogP contribution in [0.3, 0.4) is 0 Å². The summed E-state index contributed by atoms with van der Waals surface area (Å²) in [4.78, 5) is 12.6. The van der Waals surface area contributed by atoms with Crippen molar-refractivity contribution in [3.8, 4) is 0 Å². The summed E-state index contributed by atoms with van der Waals surface area (Å²) in [6.45, 7) is 0.437. The Hall–Kier alpha value is -1.14. The maximum atomic E-state index is 13.1.